The number of hydrogen-bond donors (Lipinski definition) is 1. The molecule has 0 radical (unpaired) electrons. The number of carbonyl (C=O) groups excluding carboxylic acids is 1. The zero-order chi connectivity index (χ0) is 12.4. The van der Waals surface area contributed by atoms with E-state index in [0.29, 0.717) is 5.56 Å². The highest BCUT2D eigenvalue weighted by Gasteiger charge is 2.16. The summed E-state index contributed by atoms with van der Waals surface area (Å²) in [5.74, 6) is -0.399. The lowest BCUT2D eigenvalue weighted by molar-refractivity contribution is 0.103. The van der Waals surface area contributed by atoms with E-state index in [9.17, 15) is 9.90 Å². The topological polar surface area (TPSA) is 37.3 Å². The van der Waals surface area contributed by atoms with Gasteiger partial charge in [-0.25, -0.2) is 0 Å². The Labute approximate surface area is 117 Å². The van der Waals surface area contributed by atoms with E-state index in [2.05, 4.69) is 22.6 Å². The predicted molar refractivity (Wildman–Crippen MR) is 75.7 cm³/mol. The van der Waals surface area contributed by atoms with Crippen molar-refractivity contribution >= 4 is 40.0 Å². The second-order valence-corrected chi connectivity index (χ2v) is 5.13. The molecule has 2 rings (SSSR count). The van der Waals surface area contributed by atoms with Gasteiger partial charge in [-0.3, -0.25) is 4.79 Å². The van der Waals surface area contributed by atoms with Crippen LogP contribution in [0.15, 0.2) is 42.5 Å². The molecule has 0 atom stereocenters. The molecule has 0 bridgehead atoms. The highest BCUT2D eigenvalue weighted by molar-refractivity contribution is 14.1. The Morgan fingerprint density at radius 1 is 1.18 bits per heavy atom. The first-order chi connectivity index (χ1) is 8.09. The van der Waals surface area contributed by atoms with E-state index >= 15 is 0 Å². The van der Waals surface area contributed by atoms with Crippen molar-refractivity contribution in [2.75, 3.05) is 0 Å². The van der Waals surface area contributed by atoms with Gasteiger partial charge < -0.3 is 5.11 Å². The Balaban J connectivity index is 2.52. The molecule has 0 saturated heterocycles. The monoisotopic (exact) mass is 358 g/mol. The number of hydrogen-bond acceptors (Lipinski definition) is 2. The predicted octanol–water partition coefficient (Wildman–Crippen LogP) is 3.88. The van der Waals surface area contributed by atoms with Gasteiger partial charge >= 0.3 is 0 Å². The van der Waals surface area contributed by atoms with Gasteiger partial charge in [-0.05, 0) is 34.7 Å². The Hall–Kier alpha value is -1.07. The molecular weight excluding hydrogens is 350 g/mol. The molecule has 0 aliphatic carbocycles. The smallest absolute Gasteiger partial charge is 0.196 e. The van der Waals surface area contributed by atoms with Gasteiger partial charge in [0.15, 0.2) is 5.78 Å². The SMILES string of the molecule is O=C(c1ccccc1)c1cc(I)cc(Cl)c1O. The minimum absolute atomic E-state index is 0.166. The summed E-state index contributed by atoms with van der Waals surface area (Å²) in [6.45, 7) is 0. The van der Waals surface area contributed by atoms with Gasteiger partial charge in [0, 0.05) is 9.13 Å². The maximum absolute atomic E-state index is 12.1. The highest BCUT2D eigenvalue weighted by Crippen LogP contribution is 2.31. The molecule has 2 aromatic rings. The molecule has 17 heavy (non-hydrogen) atoms. The van der Waals surface area contributed by atoms with Crippen molar-refractivity contribution in [1.82, 2.24) is 0 Å². The second-order valence-electron chi connectivity index (χ2n) is 3.48. The van der Waals surface area contributed by atoms with E-state index in [0.717, 1.165) is 3.57 Å². The summed E-state index contributed by atoms with van der Waals surface area (Å²) < 4.78 is 0.810. The van der Waals surface area contributed by atoms with Crippen LogP contribution in [0.2, 0.25) is 5.02 Å². The number of phenols is 1. The third-order valence-electron chi connectivity index (χ3n) is 2.31. The Morgan fingerprint density at radius 3 is 2.47 bits per heavy atom. The molecule has 86 valence electrons. The number of aromatic hydroxyl groups is 1. The summed E-state index contributed by atoms with van der Waals surface area (Å²) in [6, 6.07) is 12.0. The third kappa shape index (κ3) is 2.61. The molecule has 0 aliphatic heterocycles. The van der Waals surface area contributed by atoms with Crippen LogP contribution in [0.25, 0.3) is 0 Å². The first-order valence-corrected chi connectivity index (χ1v) is 6.33. The van der Waals surface area contributed by atoms with Crippen LogP contribution in [-0.4, -0.2) is 10.9 Å². The Morgan fingerprint density at radius 2 is 1.82 bits per heavy atom. The number of halogens is 2. The summed E-state index contributed by atoms with van der Waals surface area (Å²) in [7, 11) is 0. The average Bonchev–Trinajstić information content (AvgIpc) is 2.34. The van der Waals surface area contributed by atoms with E-state index in [1.165, 1.54) is 0 Å². The lowest BCUT2D eigenvalue weighted by atomic mass is 10.0. The number of phenolic OH excluding ortho intramolecular Hbond substituents is 1. The fraction of sp³-hybridized carbons (Fsp3) is 0. The van der Waals surface area contributed by atoms with Crippen LogP contribution in [0, 0.1) is 3.57 Å². The number of ketones is 1. The van der Waals surface area contributed by atoms with Crippen molar-refractivity contribution in [3.8, 4) is 5.75 Å². The van der Waals surface area contributed by atoms with E-state index < -0.39 is 0 Å². The highest BCUT2D eigenvalue weighted by atomic mass is 127. The molecule has 1 N–H and O–H groups in total. The van der Waals surface area contributed by atoms with Gasteiger partial charge in [0.2, 0.25) is 0 Å². The van der Waals surface area contributed by atoms with E-state index in [1.54, 1.807) is 36.4 Å². The van der Waals surface area contributed by atoms with Gasteiger partial charge in [-0.1, -0.05) is 41.9 Å². The first-order valence-electron chi connectivity index (χ1n) is 4.87. The lowest BCUT2D eigenvalue weighted by Gasteiger charge is -2.06. The number of carbonyl (C=O) groups is 1. The minimum atomic E-state index is -0.233. The van der Waals surface area contributed by atoms with Gasteiger partial charge in [0.1, 0.15) is 5.75 Å². The molecule has 2 nitrogen and oxygen atoms in total. The quantitative estimate of drug-likeness (QED) is 0.653. The van der Waals surface area contributed by atoms with Crippen LogP contribution < -0.4 is 0 Å². The third-order valence-corrected chi connectivity index (χ3v) is 3.22. The zero-order valence-corrected chi connectivity index (χ0v) is 11.6. The van der Waals surface area contributed by atoms with Crippen molar-refractivity contribution < 1.29 is 9.90 Å². The molecule has 0 spiro atoms. The largest absolute Gasteiger partial charge is 0.506 e. The summed E-state index contributed by atoms with van der Waals surface area (Å²) in [5.41, 5.74) is 0.758. The normalized spacial score (nSPS) is 10.2. The average molecular weight is 359 g/mol. The fourth-order valence-corrected chi connectivity index (χ4v) is 2.51. The molecule has 0 amide bonds. The summed E-state index contributed by atoms with van der Waals surface area (Å²) in [5, 5.41) is 9.99. The van der Waals surface area contributed by atoms with Crippen LogP contribution in [0.5, 0.6) is 5.75 Å². The molecule has 2 aromatic carbocycles. The molecule has 0 fully saturated rings. The minimum Gasteiger partial charge on any atom is -0.506 e. The molecule has 0 saturated carbocycles. The Bertz CT molecular complexity index is 567. The molecular formula is C13H8ClIO2. The van der Waals surface area contributed by atoms with Gasteiger partial charge in [0.05, 0.1) is 10.6 Å². The first kappa shape index (κ1) is 12.4. The zero-order valence-electron chi connectivity index (χ0n) is 8.65. The van der Waals surface area contributed by atoms with Gasteiger partial charge in [-0.2, -0.15) is 0 Å². The number of rotatable bonds is 2. The number of benzene rings is 2. The maximum atomic E-state index is 12.1. The van der Waals surface area contributed by atoms with Crippen LogP contribution in [0.3, 0.4) is 0 Å². The van der Waals surface area contributed by atoms with Gasteiger partial charge in [-0.15, -0.1) is 0 Å². The van der Waals surface area contributed by atoms with Crippen molar-refractivity contribution in [3.05, 3.63) is 62.2 Å². The summed E-state index contributed by atoms with van der Waals surface area (Å²) in [6.07, 6.45) is 0. The maximum Gasteiger partial charge on any atom is 0.196 e. The van der Waals surface area contributed by atoms with Crippen molar-refractivity contribution in [3.63, 3.8) is 0 Å². The fourth-order valence-electron chi connectivity index (χ4n) is 1.48. The molecule has 0 aliphatic rings. The summed E-state index contributed by atoms with van der Waals surface area (Å²) in [4.78, 5) is 12.1. The van der Waals surface area contributed by atoms with Crippen molar-refractivity contribution in [1.29, 1.82) is 0 Å². The van der Waals surface area contributed by atoms with Crippen LogP contribution >= 0.6 is 34.2 Å². The molecule has 4 heteroatoms. The Kier molecular flexibility index (Phi) is 3.69. The standard InChI is InChI=1S/C13H8ClIO2/c14-11-7-9(15)6-10(13(11)17)12(16)8-4-2-1-3-5-8/h1-7,17H. The molecule has 0 heterocycles. The van der Waals surface area contributed by atoms with E-state index in [1.807, 2.05) is 6.07 Å². The van der Waals surface area contributed by atoms with Gasteiger partial charge in [0.25, 0.3) is 0 Å². The lowest BCUT2D eigenvalue weighted by Crippen LogP contribution is -2.02. The van der Waals surface area contributed by atoms with Crippen LogP contribution in [-0.2, 0) is 0 Å². The van der Waals surface area contributed by atoms with E-state index in [4.69, 9.17) is 11.6 Å². The van der Waals surface area contributed by atoms with E-state index in [-0.39, 0.29) is 22.1 Å². The summed E-state index contributed by atoms with van der Waals surface area (Å²) >= 11 is 7.90. The van der Waals surface area contributed by atoms with Crippen molar-refractivity contribution in [2.45, 2.75) is 0 Å². The van der Waals surface area contributed by atoms with Crippen LogP contribution in [0.1, 0.15) is 15.9 Å². The molecule has 0 unspecified atom stereocenters. The molecule has 0 aromatic heterocycles. The van der Waals surface area contributed by atoms with Crippen molar-refractivity contribution in [2.24, 2.45) is 0 Å². The second kappa shape index (κ2) is 5.06. The van der Waals surface area contributed by atoms with Crippen LogP contribution in [0.4, 0.5) is 0 Å².